The number of carboxylic acids is 1. The van der Waals surface area contributed by atoms with Crippen molar-refractivity contribution in [1.82, 2.24) is 5.32 Å². The van der Waals surface area contributed by atoms with Crippen LogP contribution in [-0.2, 0) is 4.79 Å². The molecule has 21 heavy (non-hydrogen) atoms. The number of nitro groups is 1. The smallest absolute Gasteiger partial charge is 0.346 e. The first kappa shape index (κ1) is 16.4. The van der Waals surface area contributed by atoms with Crippen molar-refractivity contribution >= 4 is 17.6 Å². The van der Waals surface area contributed by atoms with Gasteiger partial charge < -0.3 is 15.2 Å². The molecule has 0 aromatic heterocycles. The molecule has 0 fully saturated rings. The minimum absolute atomic E-state index is 0.222. The van der Waals surface area contributed by atoms with E-state index in [1.807, 2.05) is 0 Å². The number of hydrogen-bond acceptors (Lipinski definition) is 5. The van der Waals surface area contributed by atoms with Crippen LogP contribution in [0.2, 0.25) is 0 Å². The van der Waals surface area contributed by atoms with Crippen molar-refractivity contribution in [3.8, 4) is 5.75 Å². The number of amides is 1. The highest BCUT2D eigenvalue weighted by Crippen LogP contribution is 2.28. The van der Waals surface area contributed by atoms with Crippen LogP contribution in [0.15, 0.2) is 18.2 Å². The highest BCUT2D eigenvalue weighted by atomic mass is 16.6. The monoisotopic (exact) mass is 296 g/mol. The van der Waals surface area contributed by atoms with Gasteiger partial charge in [-0.05, 0) is 26.8 Å². The van der Waals surface area contributed by atoms with Crippen LogP contribution in [0.4, 0.5) is 5.69 Å². The maximum atomic E-state index is 11.6. The molecule has 1 aromatic carbocycles. The molecule has 1 aromatic rings. The molecule has 2 N–H and O–H groups in total. The molecule has 0 atom stereocenters. The maximum Gasteiger partial charge on any atom is 0.346 e. The Morgan fingerprint density at radius 3 is 2.48 bits per heavy atom. The molecule has 0 unspecified atom stereocenters. The van der Waals surface area contributed by atoms with Crippen LogP contribution in [0, 0.1) is 10.1 Å². The third kappa shape index (κ3) is 4.75. The summed E-state index contributed by atoms with van der Waals surface area (Å²) in [6.45, 7) is 4.90. The Bertz CT molecular complexity index is 577. The highest BCUT2D eigenvalue weighted by Gasteiger charge is 2.25. The van der Waals surface area contributed by atoms with Crippen molar-refractivity contribution in [2.75, 3.05) is 6.61 Å². The molecule has 0 saturated carbocycles. The summed E-state index contributed by atoms with van der Waals surface area (Å²) in [6.07, 6.45) is 0. The minimum Gasteiger partial charge on any atom is -0.483 e. The van der Waals surface area contributed by atoms with E-state index >= 15 is 0 Å². The lowest BCUT2D eigenvalue weighted by Crippen LogP contribution is -2.43. The molecule has 0 radical (unpaired) electrons. The Balaban J connectivity index is 2.94. The zero-order valence-electron chi connectivity index (χ0n) is 11.9. The number of nitro benzene ring substituents is 1. The molecule has 0 spiro atoms. The second kappa shape index (κ2) is 6.21. The number of nitrogens with zero attached hydrogens (tertiary/aromatic N) is 1. The number of carbonyl (C=O) groups excluding carboxylic acids is 1. The second-order valence-corrected chi connectivity index (χ2v) is 5.30. The third-order valence-corrected chi connectivity index (χ3v) is 2.29. The third-order valence-electron chi connectivity index (χ3n) is 2.29. The number of aromatic carboxylic acids is 1. The SMILES string of the molecule is CC(C)(C)NC(=O)COc1cccc([N+](=O)[O-])c1C(=O)O. The maximum absolute atomic E-state index is 11.6. The van der Waals surface area contributed by atoms with Gasteiger partial charge in [0, 0.05) is 11.6 Å². The van der Waals surface area contributed by atoms with E-state index in [-0.39, 0.29) is 5.75 Å². The van der Waals surface area contributed by atoms with Gasteiger partial charge in [0.1, 0.15) is 5.75 Å². The largest absolute Gasteiger partial charge is 0.483 e. The lowest BCUT2D eigenvalue weighted by Gasteiger charge is -2.20. The molecule has 0 saturated heterocycles. The molecule has 8 heteroatoms. The number of rotatable bonds is 5. The van der Waals surface area contributed by atoms with Crippen molar-refractivity contribution in [1.29, 1.82) is 0 Å². The summed E-state index contributed by atoms with van der Waals surface area (Å²) in [7, 11) is 0. The molecule has 0 aliphatic heterocycles. The van der Waals surface area contributed by atoms with Crippen molar-refractivity contribution in [2.24, 2.45) is 0 Å². The topological polar surface area (TPSA) is 119 Å². The van der Waals surface area contributed by atoms with Gasteiger partial charge in [-0.15, -0.1) is 0 Å². The normalized spacial score (nSPS) is 10.8. The van der Waals surface area contributed by atoms with E-state index in [1.54, 1.807) is 20.8 Å². The van der Waals surface area contributed by atoms with E-state index in [4.69, 9.17) is 9.84 Å². The number of benzene rings is 1. The quantitative estimate of drug-likeness (QED) is 0.629. The summed E-state index contributed by atoms with van der Waals surface area (Å²) < 4.78 is 5.10. The summed E-state index contributed by atoms with van der Waals surface area (Å²) in [5.41, 5.74) is -1.62. The molecule has 114 valence electrons. The summed E-state index contributed by atoms with van der Waals surface area (Å²) in [5, 5.41) is 22.5. The predicted octanol–water partition coefficient (Wildman–Crippen LogP) is 1.59. The summed E-state index contributed by atoms with van der Waals surface area (Å²) in [5.74, 6) is -2.17. The van der Waals surface area contributed by atoms with Crippen LogP contribution in [0.25, 0.3) is 0 Å². The fourth-order valence-electron chi connectivity index (χ4n) is 1.60. The van der Waals surface area contributed by atoms with E-state index in [9.17, 15) is 19.7 Å². The van der Waals surface area contributed by atoms with Gasteiger partial charge in [0.25, 0.3) is 11.6 Å². The average molecular weight is 296 g/mol. The average Bonchev–Trinajstić information content (AvgIpc) is 2.33. The molecule has 0 aliphatic carbocycles. The standard InChI is InChI=1S/C13H16N2O6/c1-13(2,3)14-10(16)7-21-9-6-4-5-8(15(19)20)11(9)12(17)18/h4-6H,7H2,1-3H3,(H,14,16)(H,17,18). The first-order valence-electron chi connectivity index (χ1n) is 6.06. The van der Waals surface area contributed by atoms with Crippen molar-refractivity contribution < 1.29 is 24.4 Å². The Morgan fingerprint density at radius 1 is 1.38 bits per heavy atom. The lowest BCUT2D eigenvalue weighted by molar-refractivity contribution is -0.385. The number of hydrogen-bond donors (Lipinski definition) is 2. The van der Waals surface area contributed by atoms with Gasteiger partial charge in [0.05, 0.1) is 4.92 Å². The predicted molar refractivity (Wildman–Crippen MR) is 73.4 cm³/mol. The molecule has 0 bridgehead atoms. The Labute approximate surface area is 120 Å². The lowest BCUT2D eigenvalue weighted by atomic mass is 10.1. The first-order valence-corrected chi connectivity index (χ1v) is 6.06. The molecule has 0 aliphatic rings. The van der Waals surface area contributed by atoms with Crippen LogP contribution >= 0.6 is 0 Å². The Hall–Kier alpha value is -2.64. The summed E-state index contributed by atoms with van der Waals surface area (Å²) in [4.78, 5) is 32.7. The van der Waals surface area contributed by atoms with E-state index in [1.165, 1.54) is 12.1 Å². The van der Waals surface area contributed by atoms with Gasteiger partial charge in [-0.25, -0.2) is 4.79 Å². The summed E-state index contributed by atoms with van der Waals surface area (Å²) >= 11 is 0. The first-order chi connectivity index (χ1) is 9.61. The van der Waals surface area contributed by atoms with Crippen LogP contribution in [0.5, 0.6) is 5.75 Å². The zero-order chi connectivity index (χ0) is 16.2. The summed E-state index contributed by atoms with van der Waals surface area (Å²) in [6, 6.07) is 3.62. The van der Waals surface area contributed by atoms with Crippen molar-refractivity contribution in [3.63, 3.8) is 0 Å². The van der Waals surface area contributed by atoms with Gasteiger partial charge in [-0.2, -0.15) is 0 Å². The van der Waals surface area contributed by atoms with Gasteiger partial charge >= 0.3 is 5.97 Å². The Kier molecular flexibility index (Phi) is 4.85. The minimum atomic E-state index is -1.49. The number of carboxylic acid groups (broad SMARTS) is 1. The zero-order valence-corrected chi connectivity index (χ0v) is 11.9. The molecule has 0 heterocycles. The van der Waals surface area contributed by atoms with E-state index in [0.717, 1.165) is 6.07 Å². The van der Waals surface area contributed by atoms with Gasteiger partial charge in [-0.1, -0.05) is 6.07 Å². The Morgan fingerprint density at radius 2 is 2.00 bits per heavy atom. The second-order valence-electron chi connectivity index (χ2n) is 5.30. The molecule has 1 amide bonds. The van der Waals surface area contributed by atoms with Gasteiger partial charge in [-0.3, -0.25) is 14.9 Å². The fraction of sp³-hybridized carbons (Fsp3) is 0.385. The van der Waals surface area contributed by atoms with E-state index < -0.39 is 40.2 Å². The molecular weight excluding hydrogens is 280 g/mol. The van der Waals surface area contributed by atoms with E-state index in [0.29, 0.717) is 0 Å². The van der Waals surface area contributed by atoms with Gasteiger partial charge in [0.15, 0.2) is 12.2 Å². The van der Waals surface area contributed by atoms with Gasteiger partial charge in [0.2, 0.25) is 0 Å². The van der Waals surface area contributed by atoms with Crippen LogP contribution in [0.3, 0.4) is 0 Å². The molecular formula is C13H16N2O6. The van der Waals surface area contributed by atoms with Crippen LogP contribution < -0.4 is 10.1 Å². The van der Waals surface area contributed by atoms with Crippen LogP contribution in [-0.4, -0.2) is 34.1 Å². The number of carbonyl (C=O) groups is 2. The van der Waals surface area contributed by atoms with Crippen LogP contribution in [0.1, 0.15) is 31.1 Å². The fourth-order valence-corrected chi connectivity index (χ4v) is 1.60. The molecule has 8 nitrogen and oxygen atoms in total. The van der Waals surface area contributed by atoms with E-state index in [2.05, 4.69) is 5.32 Å². The number of ether oxygens (including phenoxy) is 1. The van der Waals surface area contributed by atoms with Crippen molar-refractivity contribution in [2.45, 2.75) is 26.3 Å². The number of nitrogens with one attached hydrogen (secondary N) is 1. The highest BCUT2D eigenvalue weighted by molar-refractivity contribution is 5.95. The van der Waals surface area contributed by atoms with Crippen molar-refractivity contribution in [3.05, 3.63) is 33.9 Å². The molecule has 1 rings (SSSR count).